The lowest BCUT2D eigenvalue weighted by Gasteiger charge is -2.27. The maximum atomic E-state index is 12.9. The third-order valence-corrected chi connectivity index (χ3v) is 6.54. The SMILES string of the molecule is O=S(=O)(Nc1ncc(F)cn1)c1ccc2c(c1)OCCC2c1ccc(C(F)(F)F)cc1Cl. The number of nitrogens with one attached hydrogen (secondary N) is 1. The van der Waals surface area contributed by atoms with E-state index in [1.54, 1.807) is 0 Å². The van der Waals surface area contributed by atoms with Crippen LogP contribution >= 0.6 is 11.6 Å². The first-order valence-corrected chi connectivity index (χ1v) is 11.0. The molecule has 0 bridgehead atoms. The Bertz CT molecular complexity index is 1270. The number of rotatable bonds is 4. The van der Waals surface area contributed by atoms with Gasteiger partial charge in [0.2, 0.25) is 5.95 Å². The van der Waals surface area contributed by atoms with E-state index in [0.29, 0.717) is 17.5 Å². The van der Waals surface area contributed by atoms with Gasteiger partial charge in [0, 0.05) is 22.6 Å². The van der Waals surface area contributed by atoms with Crippen LogP contribution in [0.4, 0.5) is 23.5 Å². The second kappa shape index (κ2) is 8.21. The van der Waals surface area contributed by atoms with Crippen LogP contribution in [0.5, 0.6) is 5.75 Å². The molecule has 2 heterocycles. The molecular weight excluding hydrogens is 474 g/mol. The summed E-state index contributed by atoms with van der Waals surface area (Å²) < 4.78 is 84.8. The first kappa shape index (κ1) is 22.3. The van der Waals surface area contributed by atoms with Crippen LogP contribution in [0.25, 0.3) is 0 Å². The van der Waals surface area contributed by atoms with Gasteiger partial charge < -0.3 is 4.74 Å². The minimum absolute atomic E-state index is 0.0375. The average molecular weight is 488 g/mol. The second-order valence-electron chi connectivity index (χ2n) is 6.95. The molecule has 1 N–H and O–H groups in total. The average Bonchev–Trinajstić information content (AvgIpc) is 2.74. The van der Waals surface area contributed by atoms with Crippen molar-refractivity contribution < 1.29 is 30.7 Å². The number of fused-ring (bicyclic) bond motifs is 1. The maximum Gasteiger partial charge on any atom is 0.416 e. The predicted molar refractivity (Wildman–Crippen MR) is 108 cm³/mol. The summed E-state index contributed by atoms with van der Waals surface area (Å²) in [5.74, 6) is -1.14. The van der Waals surface area contributed by atoms with Gasteiger partial charge in [0.15, 0.2) is 5.82 Å². The summed E-state index contributed by atoms with van der Waals surface area (Å²) in [6, 6.07) is 7.30. The van der Waals surface area contributed by atoms with Gasteiger partial charge in [0.1, 0.15) is 5.75 Å². The van der Waals surface area contributed by atoms with Crippen LogP contribution in [0.15, 0.2) is 53.7 Å². The third kappa shape index (κ3) is 4.49. The number of sulfonamides is 1. The van der Waals surface area contributed by atoms with Crippen molar-refractivity contribution in [2.75, 3.05) is 11.3 Å². The minimum atomic E-state index is -4.51. The van der Waals surface area contributed by atoms with E-state index in [1.807, 2.05) is 0 Å². The summed E-state index contributed by atoms with van der Waals surface area (Å²) in [6.07, 6.45) is -2.43. The van der Waals surface area contributed by atoms with Crippen molar-refractivity contribution in [2.24, 2.45) is 0 Å². The molecule has 0 fully saturated rings. The normalized spacial score (nSPS) is 16.2. The van der Waals surface area contributed by atoms with Gasteiger partial charge in [0.25, 0.3) is 10.0 Å². The van der Waals surface area contributed by atoms with Crippen molar-refractivity contribution in [2.45, 2.75) is 23.4 Å². The summed E-state index contributed by atoms with van der Waals surface area (Å²) in [5, 5.41) is -0.0375. The van der Waals surface area contributed by atoms with E-state index in [4.69, 9.17) is 16.3 Å². The number of aromatic nitrogens is 2. The van der Waals surface area contributed by atoms with E-state index in [1.165, 1.54) is 24.3 Å². The monoisotopic (exact) mass is 487 g/mol. The van der Waals surface area contributed by atoms with E-state index >= 15 is 0 Å². The van der Waals surface area contributed by atoms with Crippen LogP contribution in [-0.2, 0) is 16.2 Å². The summed E-state index contributed by atoms with van der Waals surface area (Å²) in [4.78, 5) is 6.97. The lowest BCUT2D eigenvalue weighted by Crippen LogP contribution is -2.18. The van der Waals surface area contributed by atoms with Crippen molar-refractivity contribution in [3.63, 3.8) is 0 Å². The first-order valence-electron chi connectivity index (χ1n) is 9.18. The van der Waals surface area contributed by atoms with Crippen molar-refractivity contribution in [3.8, 4) is 5.75 Å². The molecule has 0 amide bonds. The van der Waals surface area contributed by atoms with Crippen LogP contribution in [0.2, 0.25) is 5.02 Å². The van der Waals surface area contributed by atoms with Crippen LogP contribution in [-0.4, -0.2) is 25.0 Å². The molecule has 12 heteroatoms. The highest BCUT2D eigenvalue weighted by atomic mass is 35.5. The van der Waals surface area contributed by atoms with Crippen molar-refractivity contribution in [3.05, 3.63) is 76.3 Å². The van der Waals surface area contributed by atoms with Gasteiger partial charge in [-0.15, -0.1) is 0 Å². The molecule has 6 nitrogen and oxygen atoms in total. The van der Waals surface area contributed by atoms with Gasteiger partial charge >= 0.3 is 6.18 Å². The fourth-order valence-electron chi connectivity index (χ4n) is 3.39. The molecule has 0 spiro atoms. The molecular formula is C20H14ClF4N3O3S. The molecule has 168 valence electrons. The Morgan fingerprint density at radius 3 is 2.41 bits per heavy atom. The summed E-state index contributed by atoms with van der Waals surface area (Å²) >= 11 is 6.15. The van der Waals surface area contributed by atoms with E-state index in [-0.39, 0.29) is 34.1 Å². The Morgan fingerprint density at radius 1 is 1.06 bits per heavy atom. The number of anilines is 1. The van der Waals surface area contributed by atoms with Gasteiger partial charge in [-0.25, -0.2) is 27.5 Å². The Hall–Kier alpha value is -2.92. The van der Waals surface area contributed by atoms with Gasteiger partial charge in [-0.3, -0.25) is 0 Å². The Labute approximate surface area is 185 Å². The number of nitrogens with zero attached hydrogens (tertiary/aromatic N) is 2. The zero-order valence-corrected chi connectivity index (χ0v) is 17.6. The van der Waals surface area contributed by atoms with E-state index in [9.17, 15) is 26.0 Å². The number of benzene rings is 2. The summed E-state index contributed by atoms with van der Waals surface area (Å²) in [5.41, 5.74) is 0.224. The largest absolute Gasteiger partial charge is 0.493 e. The van der Waals surface area contributed by atoms with E-state index in [0.717, 1.165) is 24.5 Å². The molecule has 0 aliphatic carbocycles. The molecule has 1 atom stereocenters. The van der Waals surface area contributed by atoms with Crippen molar-refractivity contribution >= 4 is 27.6 Å². The Kier molecular flexibility index (Phi) is 5.72. The Balaban J connectivity index is 1.65. The molecule has 1 aromatic heterocycles. The fraction of sp³-hybridized carbons (Fsp3) is 0.200. The van der Waals surface area contributed by atoms with E-state index in [2.05, 4.69) is 14.7 Å². The van der Waals surface area contributed by atoms with Crippen molar-refractivity contribution in [1.82, 2.24) is 9.97 Å². The first-order chi connectivity index (χ1) is 15.0. The topological polar surface area (TPSA) is 81.2 Å². The minimum Gasteiger partial charge on any atom is -0.493 e. The number of alkyl halides is 3. The van der Waals surface area contributed by atoms with Crippen molar-refractivity contribution in [1.29, 1.82) is 0 Å². The maximum absolute atomic E-state index is 12.9. The molecule has 32 heavy (non-hydrogen) atoms. The predicted octanol–water partition coefficient (Wildman–Crippen LogP) is 5.00. The van der Waals surface area contributed by atoms with E-state index < -0.39 is 27.6 Å². The molecule has 4 rings (SSSR count). The highest BCUT2D eigenvalue weighted by molar-refractivity contribution is 7.92. The number of ether oxygens (including phenoxy) is 1. The van der Waals surface area contributed by atoms with Gasteiger partial charge in [0.05, 0.1) is 29.5 Å². The number of hydrogen-bond donors (Lipinski definition) is 1. The highest BCUT2D eigenvalue weighted by Crippen LogP contribution is 2.43. The molecule has 0 saturated carbocycles. The Morgan fingerprint density at radius 2 is 1.75 bits per heavy atom. The van der Waals surface area contributed by atoms with Crippen LogP contribution < -0.4 is 9.46 Å². The van der Waals surface area contributed by atoms with Gasteiger partial charge in [-0.05, 0) is 30.2 Å². The zero-order valence-electron chi connectivity index (χ0n) is 16.0. The van der Waals surface area contributed by atoms with Crippen LogP contribution in [0.3, 0.4) is 0 Å². The smallest absolute Gasteiger partial charge is 0.416 e. The lowest BCUT2D eigenvalue weighted by atomic mass is 9.86. The molecule has 1 aliphatic heterocycles. The highest BCUT2D eigenvalue weighted by Gasteiger charge is 2.33. The molecule has 2 aromatic carbocycles. The third-order valence-electron chi connectivity index (χ3n) is 4.88. The quantitative estimate of drug-likeness (QED) is 0.524. The van der Waals surface area contributed by atoms with Gasteiger partial charge in [-0.1, -0.05) is 23.7 Å². The van der Waals surface area contributed by atoms with Crippen LogP contribution in [0.1, 0.15) is 29.0 Å². The van der Waals surface area contributed by atoms with Gasteiger partial charge in [-0.2, -0.15) is 13.2 Å². The second-order valence-corrected chi connectivity index (χ2v) is 9.04. The molecule has 1 unspecified atom stereocenters. The summed E-state index contributed by atoms with van der Waals surface area (Å²) in [7, 11) is -4.10. The molecule has 1 aliphatic rings. The standard InChI is InChI=1S/C20H14ClF4N3O3S/c21-17-7-11(20(23,24)25)1-3-15(17)14-5-6-31-18-8-13(2-4-16(14)18)32(29,30)28-19-26-9-12(22)10-27-19/h1-4,7-10,14H,5-6H2,(H,26,27,28). The number of hydrogen-bond acceptors (Lipinski definition) is 5. The fourth-order valence-corrected chi connectivity index (χ4v) is 4.68. The molecule has 3 aromatic rings. The summed E-state index contributed by atoms with van der Waals surface area (Å²) in [6.45, 7) is 0.215. The number of halogens is 5. The zero-order chi connectivity index (χ0) is 23.1. The molecule has 0 saturated heterocycles. The molecule has 0 radical (unpaired) electrons. The van der Waals surface area contributed by atoms with Crippen LogP contribution in [0, 0.1) is 5.82 Å². The lowest BCUT2D eigenvalue weighted by molar-refractivity contribution is -0.137.